The van der Waals surface area contributed by atoms with Gasteiger partial charge in [-0.05, 0) is 56.2 Å². The molecule has 4 rings (SSSR count). The van der Waals surface area contributed by atoms with Crippen molar-refractivity contribution in [2.75, 3.05) is 5.32 Å². The fraction of sp³-hybridized carbons (Fsp3) is 0.179. The van der Waals surface area contributed by atoms with Gasteiger partial charge in [-0.2, -0.15) is 5.10 Å². The highest BCUT2D eigenvalue weighted by molar-refractivity contribution is 6.08. The molecule has 6 heteroatoms. The topological polar surface area (TPSA) is 76.0 Å². The highest BCUT2D eigenvalue weighted by Gasteiger charge is 2.20. The summed E-state index contributed by atoms with van der Waals surface area (Å²) < 4.78 is 1.73. The van der Waals surface area contributed by atoms with Crippen molar-refractivity contribution in [3.8, 4) is 16.9 Å². The lowest BCUT2D eigenvalue weighted by atomic mass is 10.0. The summed E-state index contributed by atoms with van der Waals surface area (Å²) in [5.74, 6) is -0.270. The molecule has 1 aromatic heterocycles. The van der Waals surface area contributed by atoms with E-state index in [2.05, 4.69) is 10.6 Å². The molecule has 1 heterocycles. The van der Waals surface area contributed by atoms with Crippen LogP contribution in [0.1, 0.15) is 35.3 Å². The van der Waals surface area contributed by atoms with Crippen LogP contribution in [-0.4, -0.2) is 27.6 Å². The minimum atomic E-state index is -0.245. The maximum absolute atomic E-state index is 13.3. The molecule has 0 aliphatic carbocycles. The van der Waals surface area contributed by atoms with E-state index in [1.54, 1.807) is 10.9 Å². The predicted molar refractivity (Wildman–Crippen MR) is 135 cm³/mol. The van der Waals surface area contributed by atoms with E-state index in [-0.39, 0.29) is 17.9 Å². The van der Waals surface area contributed by atoms with Crippen LogP contribution in [0.15, 0.2) is 85.1 Å². The number of carbonyl (C=O) groups excluding carboxylic acids is 2. The van der Waals surface area contributed by atoms with E-state index >= 15 is 0 Å². The minimum absolute atomic E-state index is 0.0250. The number of amides is 2. The van der Waals surface area contributed by atoms with E-state index < -0.39 is 0 Å². The minimum Gasteiger partial charge on any atom is -0.354 e. The molecule has 0 saturated heterocycles. The zero-order chi connectivity index (χ0) is 24.1. The Kier molecular flexibility index (Phi) is 6.87. The molecule has 0 radical (unpaired) electrons. The molecular weight excluding hydrogens is 424 g/mol. The van der Waals surface area contributed by atoms with Gasteiger partial charge in [-0.3, -0.25) is 9.59 Å². The summed E-state index contributed by atoms with van der Waals surface area (Å²) in [5.41, 5.74) is 5.47. The first-order valence-corrected chi connectivity index (χ1v) is 11.3. The highest BCUT2D eigenvalue weighted by Crippen LogP contribution is 2.27. The summed E-state index contributed by atoms with van der Waals surface area (Å²) in [4.78, 5) is 25.3. The first kappa shape index (κ1) is 23.0. The maximum atomic E-state index is 13.3. The Balaban J connectivity index is 1.59. The first-order chi connectivity index (χ1) is 16.4. The number of benzene rings is 3. The summed E-state index contributed by atoms with van der Waals surface area (Å²) in [6.07, 6.45) is 2.06. The van der Waals surface area contributed by atoms with E-state index in [4.69, 9.17) is 5.10 Å². The van der Waals surface area contributed by atoms with Gasteiger partial charge in [0.1, 0.15) is 5.69 Å². The SMILES string of the molecule is Cc1ccccc1-c1nn(-c2ccccc2)cc1C(=O)Nc1ccc(CC(=O)NC(C)C)cc1. The van der Waals surface area contributed by atoms with Crippen LogP contribution in [0.2, 0.25) is 0 Å². The standard InChI is InChI=1S/C28H28N4O2/c1-19(2)29-26(33)17-21-13-15-22(16-14-21)30-28(34)25-18-32(23-10-5-4-6-11-23)31-27(25)24-12-8-7-9-20(24)3/h4-16,18-19H,17H2,1-3H3,(H,29,33)(H,30,34). The molecule has 0 aliphatic rings. The molecule has 0 atom stereocenters. The zero-order valence-electron chi connectivity index (χ0n) is 19.6. The smallest absolute Gasteiger partial charge is 0.259 e. The lowest BCUT2D eigenvalue weighted by Crippen LogP contribution is -2.31. The van der Waals surface area contributed by atoms with Gasteiger partial charge in [-0.1, -0.05) is 54.6 Å². The number of carbonyl (C=O) groups is 2. The molecule has 6 nitrogen and oxygen atoms in total. The van der Waals surface area contributed by atoms with E-state index in [0.29, 0.717) is 23.4 Å². The second-order valence-electron chi connectivity index (χ2n) is 8.54. The summed E-state index contributed by atoms with van der Waals surface area (Å²) in [7, 11) is 0. The maximum Gasteiger partial charge on any atom is 0.259 e. The second-order valence-corrected chi connectivity index (χ2v) is 8.54. The molecule has 0 bridgehead atoms. The number of anilines is 1. The Bertz CT molecular complexity index is 1290. The molecule has 4 aromatic rings. The third-order valence-electron chi connectivity index (χ3n) is 5.41. The fourth-order valence-electron chi connectivity index (χ4n) is 3.75. The Morgan fingerprint density at radius 2 is 1.59 bits per heavy atom. The third kappa shape index (κ3) is 5.41. The van der Waals surface area contributed by atoms with Crippen LogP contribution in [0.3, 0.4) is 0 Å². The van der Waals surface area contributed by atoms with Gasteiger partial charge in [-0.15, -0.1) is 0 Å². The van der Waals surface area contributed by atoms with Crippen LogP contribution < -0.4 is 10.6 Å². The van der Waals surface area contributed by atoms with Crippen molar-refractivity contribution in [2.24, 2.45) is 0 Å². The first-order valence-electron chi connectivity index (χ1n) is 11.3. The Morgan fingerprint density at radius 1 is 0.912 bits per heavy atom. The van der Waals surface area contributed by atoms with Gasteiger partial charge >= 0.3 is 0 Å². The van der Waals surface area contributed by atoms with E-state index in [0.717, 1.165) is 22.4 Å². The van der Waals surface area contributed by atoms with Crippen LogP contribution in [0, 0.1) is 6.92 Å². The van der Waals surface area contributed by atoms with Crippen molar-refractivity contribution in [1.29, 1.82) is 0 Å². The molecule has 2 amide bonds. The number of aryl methyl sites for hydroxylation is 1. The Hall–Kier alpha value is -4.19. The summed E-state index contributed by atoms with van der Waals surface area (Å²) >= 11 is 0. The number of rotatable bonds is 7. The lowest BCUT2D eigenvalue weighted by Gasteiger charge is -2.09. The van der Waals surface area contributed by atoms with E-state index in [1.807, 2.05) is 99.6 Å². The molecule has 2 N–H and O–H groups in total. The molecular formula is C28H28N4O2. The van der Waals surface area contributed by atoms with Crippen LogP contribution >= 0.6 is 0 Å². The molecule has 0 aliphatic heterocycles. The second kappa shape index (κ2) is 10.2. The average molecular weight is 453 g/mol. The van der Waals surface area contributed by atoms with E-state index in [9.17, 15) is 9.59 Å². The number of nitrogens with zero attached hydrogens (tertiary/aromatic N) is 2. The monoisotopic (exact) mass is 452 g/mol. The predicted octanol–water partition coefficient (Wildman–Crippen LogP) is 5.17. The highest BCUT2D eigenvalue weighted by atomic mass is 16.2. The van der Waals surface area contributed by atoms with Gasteiger partial charge < -0.3 is 10.6 Å². The molecule has 0 spiro atoms. The number of nitrogens with one attached hydrogen (secondary N) is 2. The van der Waals surface area contributed by atoms with Crippen molar-refractivity contribution in [3.63, 3.8) is 0 Å². The van der Waals surface area contributed by atoms with Crippen molar-refractivity contribution >= 4 is 17.5 Å². The van der Waals surface area contributed by atoms with Crippen LogP contribution in [0.5, 0.6) is 0 Å². The van der Waals surface area contributed by atoms with Gasteiger partial charge in [0.2, 0.25) is 5.91 Å². The normalized spacial score (nSPS) is 10.8. The Labute approximate surface area is 199 Å². The largest absolute Gasteiger partial charge is 0.354 e. The molecule has 34 heavy (non-hydrogen) atoms. The number of hydrogen-bond donors (Lipinski definition) is 2. The summed E-state index contributed by atoms with van der Waals surface area (Å²) in [6.45, 7) is 5.87. The van der Waals surface area contributed by atoms with Crippen molar-refractivity contribution < 1.29 is 9.59 Å². The molecule has 0 fully saturated rings. The average Bonchev–Trinajstić information content (AvgIpc) is 3.26. The molecule has 0 unspecified atom stereocenters. The molecule has 3 aromatic carbocycles. The fourth-order valence-corrected chi connectivity index (χ4v) is 3.75. The summed E-state index contributed by atoms with van der Waals surface area (Å²) in [6, 6.07) is 25.0. The quantitative estimate of drug-likeness (QED) is 0.406. The molecule has 0 saturated carbocycles. The van der Waals surface area contributed by atoms with Crippen molar-refractivity contribution in [3.05, 3.63) is 102 Å². The van der Waals surface area contributed by atoms with Crippen LogP contribution in [-0.2, 0) is 11.2 Å². The van der Waals surface area contributed by atoms with Gasteiger partial charge in [0.25, 0.3) is 5.91 Å². The van der Waals surface area contributed by atoms with Gasteiger partial charge in [0.15, 0.2) is 0 Å². The van der Waals surface area contributed by atoms with Crippen LogP contribution in [0.4, 0.5) is 5.69 Å². The number of aromatic nitrogens is 2. The van der Waals surface area contributed by atoms with Crippen molar-refractivity contribution in [2.45, 2.75) is 33.2 Å². The van der Waals surface area contributed by atoms with Crippen LogP contribution in [0.25, 0.3) is 16.9 Å². The third-order valence-corrected chi connectivity index (χ3v) is 5.41. The lowest BCUT2D eigenvalue weighted by molar-refractivity contribution is -0.120. The van der Waals surface area contributed by atoms with Gasteiger partial charge in [0, 0.05) is 23.5 Å². The Morgan fingerprint density at radius 3 is 2.26 bits per heavy atom. The van der Waals surface area contributed by atoms with Gasteiger partial charge in [-0.25, -0.2) is 4.68 Å². The van der Waals surface area contributed by atoms with E-state index in [1.165, 1.54) is 0 Å². The number of hydrogen-bond acceptors (Lipinski definition) is 3. The van der Waals surface area contributed by atoms with Crippen molar-refractivity contribution in [1.82, 2.24) is 15.1 Å². The summed E-state index contributed by atoms with van der Waals surface area (Å²) in [5, 5.41) is 10.6. The number of para-hydroxylation sites is 1. The molecule has 172 valence electrons. The van der Waals surface area contributed by atoms with Gasteiger partial charge in [0.05, 0.1) is 17.7 Å². The zero-order valence-corrected chi connectivity index (χ0v) is 19.6.